The molecule has 1 aliphatic heterocycles. The predicted octanol–water partition coefficient (Wildman–Crippen LogP) is 3.12. The smallest absolute Gasteiger partial charge is 0.170 e. The summed E-state index contributed by atoms with van der Waals surface area (Å²) < 4.78 is 0. The molecule has 1 aliphatic rings. The van der Waals surface area contributed by atoms with Gasteiger partial charge in [-0.3, -0.25) is 0 Å². The molecule has 2 nitrogen and oxygen atoms in total. The maximum Gasteiger partial charge on any atom is 0.170 e. The normalized spacial score (nSPS) is 18.2. The van der Waals surface area contributed by atoms with Crippen LogP contribution in [0, 0.1) is 0 Å². The Kier molecular flexibility index (Phi) is 2.99. The summed E-state index contributed by atoms with van der Waals surface area (Å²) in [5.41, 5.74) is 3.70. The lowest BCUT2D eigenvalue weighted by Gasteiger charge is -2.17. The lowest BCUT2D eigenvalue weighted by Crippen LogP contribution is -2.28. The van der Waals surface area contributed by atoms with Crippen LogP contribution in [0.4, 0.5) is 5.69 Å². The quantitative estimate of drug-likeness (QED) is 0.765. The van der Waals surface area contributed by atoms with E-state index in [2.05, 4.69) is 53.1 Å². The molecule has 2 aromatic rings. The van der Waals surface area contributed by atoms with Crippen LogP contribution in [0.3, 0.4) is 0 Å². The third-order valence-corrected chi connectivity index (χ3v) is 3.50. The molecule has 0 fully saturated rings. The third kappa shape index (κ3) is 2.09. The van der Waals surface area contributed by atoms with Crippen LogP contribution in [0.25, 0.3) is 0 Å². The Hall–Kier alpha value is -1.87. The second kappa shape index (κ2) is 4.78. The van der Waals surface area contributed by atoms with Crippen molar-refractivity contribution in [2.75, 3.05) is 11.9 Å². The van der Waals surface area contributed by atoms with Crippen molar-refractivity contribution in [2.45, 2.75) is 5.92 Å². The van der Waals surface area contributed by atoms with Gasteiger partial charge in [-0.05, 0) is 29.4 Å². The maximum absolute atomic E-state index is 5.25. The predicted molar refractivity (Wildman–Crippen MR) is 79.0 cm³/mol. The van der Waals surface area contributed by atoms with Crippen LogP contribution >= 0.6 is 12.2 Å². The number of hydrogen-bond donors (Lipinski definition) is 2. The first-order valence-corrected chi connectivity index (χ1v) is 6.44. The Morgan fingerprint density at radius 2 is 1.67 bits per heavy atom. The van der Waals surface area contributed by atoms with Gasteiger partial charge in [-0.25, -0.2) is 0 Å². The standard InChI is InChI=1S/C15H14N2S/c18-15-16-10-13(11-6-2-1-3-7-11)12-8-4-5-9-14(12)17-15/h1-9,13H,10H2,(H2,16,17,18). The van der Waals surface area contributed by atoms with Gasteiger partial charge in [0.05, 0.1) is 0 Å². The van der Waals surface area contributed by atoms with E-state index < -0.39 is 0 Å². The number of rotatable bonds is 1. The van der Waals surface area contributed by atoms with E-state index in [-0.39, 0.29) is 0 Å². The molecule has 0 bridgehead atoms. The van der Waals surface area contributed by atoms with Crippen molar-refractivity contribution in [1.29, 1.82) is 0 Å². The SMILES string of the molecule is S=C1NCC(c2ccccc2)c2ccccc2N1. The Labute approximate surface area is 112 Å². The van der Waals surface area contributed by atoms with Crippen LogP contribution in [0.5, 0.6) is 0 Å². The molecule has 0 aromatic heterocycles. The van der Waals surface area contributed by atoms with Gasteiger partial charge in [-0.1, -0.05) is 48.5 Å². The molecular weight excluding hydrogens is 240 g/mol. The van der Waals surface area contributed by atoms with E-state index in [1.807, 2.05) is 12.1 Å². The highest BCUT2D eigenvalue weighted by molar-refractivity contribution is 7.80. The molecule has 2 N–H and O–H groups in total. The molecule has 0 spiro atoms. The molecule has 1 atom stereocenters. The van der Waals surface area contributed by atoms with Crippen molar-refractivity contribution >= 4 is 23.0 Å². The summed E-state index contributed by atoms with van der Waals surface area (Å²) in [6.07, 6.45) is 0. The molecule has 3 rings (SSSR count). The van der Waals surface area contributed by atoms with Gasteiger partial charge in [0.25, 0.3) is 0 Å². The Morgan fingerprint density at radius 1 is 0.944 bits per heavy atom. The average Bonchev–Trinajstić information content (AvgIpc) is 2.58. The van der Waals surface area contributed by atoms with Crippen molar-refractivity contribution in [3.63, 3.8) is 0 Å². The van der Waals surface area contributed by atoms with E-state index in [0.29, 0.717) is 11.0 Å². The molecule has 1 unspecified atom stereocenters. The maximum atomic E-state index is 5.25. The number of para-hydroxylation sites is 1. The molecule has 0 saturated carbocycles. The van der Waals surface area contributed by atoms with Gasteiger partial charge in [-0.2, -0.15) is 0 Å². The van der Waals surface area contributed by atoms with Crippen LogP contribution in [0.1, 0.15) is 17.0 Å². The van der Waals surface area contributed by atoms with Crippen LogP contribution in [-0.4, -0.2) is 11.7 Å². The van der Waals surface area contributed by atoms with Gasteiger partial charge in [0, 0.05) is 18.2 Å². The van der Waals surface area contributed by atoms with Crippen molar-refractivity contribution in [2.24, 2.45) is 0 Å². The molecule has 1 heterocycles. The van der Waals surface area contributed by atoms with Gasteiger partial charge in [0.1, 0.15) is 0 Å². The summed E-state index contributed by atoms with van der Waals surface area (Å²) in [7, 11) is 0. The first-order chi connectivity index (χ1) is 8.84. The van der Waals surface area contributed by atoms with Gasteiger partial charge >= 0.3 is 0 Å². The fourth-order valence-electron chi connectivity index (χ4n) is 2.37. The van der Waals surface area contributed by atoms with Gasteiger partial charge < -0.3 is 10.6 Å². The zero-order valence-corrected chi connectivity index (χ0v) is 10.7. The minimum atomic E-state index is 0.329. The number of anilines is 1. The van der Waals surface area contributed by atoms with Gasteiger partial charge in [-0.15, -0.1) is 0 Å². The second-order valence-corrected chi connectivity index (χ2v) is 4.79. The number of nitrogens with one attached hydrogen (secondary N) is 2. The Morgan fingerprint density at radius 3 is 2.50 bits per heavy atom. The van der Waals surface area contributed by atoms with E-state index in [1.165, 1.54) is 11.1 Å². The van der Waals surface area contributed by atoms with E-state index >= 15 is 0 Å². The molecular formula is C15H14N2S. The monoisotopic (exact) mass is 254 g/mol. The summed E-state index contributed by atoms with van der Waals surface area (Å²) in [6, 6.07) is 18.9. The van der Waals surface area contributed by atoms with E-state index in [1.54, 1.807) is 0 Å². The van der Waals surface area contributed by atoms with Crippen LogP contribution in [0.15, 0.2) is 54.6 Å². The average molecular weight is 254 g/mol. The Bertz CT molecular complexity index is 566. The summed E-state index contributed by atoms with van der Waals surface area (Å²) in [6.45, 7) is 0.826. The summed E-state index contributed by atoms with van der Waals surface area (Å²) in [5.74, 6) is 0.329. The lowest BCUT2D eigenvalue weighted by molar-refractivity contribution is 0.772. The molecule has 18 heavy (non-hydrogen) atoms. The Balaban J connectivity index is 2.08. The highest BCUT2D eigenvalue weighted by atomic mass is 32.1. The summed E-state index contributed by atoms with van der Waals surface area (Å²) in [5, 5.41) is 7.20. The molecule has 0 amide bonds. The molecule has 0 radical (unpaired) electrons. The van der Waals surface area contributed by atoms with Gasteiger partial charge in [0.2, 0.25) is 0 Å². The van der Waals surface area contributed by atoms with Gasteiger partial charge in [0.15, 0.2) is 5.11 Å². The van der Waals surface area contributed by atoms with Crippen LogP contribution < -0.4 is 10.6 Å². The largest absolute Gasteiger partial charge is 0.361 e. The minimum absolute atomic E-state index is 0.329. The van der Waals surface area contributed by atoms with Crippen LogP contribution in [-0.2, 0) is 0 Å². The minimum Gasteiger partial charge on any atom is -0.361 e. The van der Waals surface area contributed by atoms with Crippen molar-refractivity contribution in [3.05, 3.63) is 65.7 Å². The summed E-state index contributed by atoms with van der Waals surface area (Å²) >= 11 is 5.25. The number of benzene rings is 2. The van der Waals surface area contributed by atoms with Crippen molar-refractivity contribution in [3.8, 4) is 0 Å². The molecule has 2 aromatic carbocycles. The number of thiocarbonyl (C=S) groups is 1. The fourth-order valence-corrected chi connectivity index (χ4v) is 2.56. The first-order valence-electron chi connectivity index (χ1n) is 6.03. The van der Waals surface area contributed by atoms with Crippen molar-refractivity contribution < 1.29 is 0 Å². The van der Waals surface area contributed by atoms with Crippen LogP contribution in [0.2, 0.25) is 0 Å². The zero-order valence-electron chi connectivity index (χ0n) is 9.89. The fraction of sp³-hybridized carbons (Fsp3) is 0.133. The first kappa shape index (κ1) is 11.2. The van der Waals surface area contributed by atoms with Crippen molar-refractivity contribution in [1.82, 2.24) is 5.32 Å². The number of hydrogen-bond acceptors (Lipinski definition) is 1. The molecule has 3 heteroatoms. The third-order valence-electron chi connectivity index (χ3n) is 3.25. The molecule has 90 valence electrons. The van der Waals surface area contributed by atoms with E-state index in [0.717, 1.165) is 12.2 Å². The highest BCUT2D eigenvalue weighted by Crippen LogP contribution is 2.31. The number of fused-ring (bicyclic) bond motifs is 1. The zero-order chi connectivity index (χ0) is 12.4. The molecule has 0 aliphatic carbocycles. The second-order valence-electron chi connectivity index (χ2n) is 4.39. The lowest BCUT2D eigenvalue weighted by atomic mass is 9.90. The summed E-state index contributed by atoms with van der Waals surface area (Å²) in [4.78, 5) is 0. The highest BCUT2D eigenvalue weighted by Gasteiger charge is 2.20. The van der Waals surface area contributed by atoms with E-state index in [9.17, 15) is 0 Å². The molecule has 0 saturated heterocycles. The topological polar surface area (TPSA) is 24.1 Å². The van der Waals surface area contributed by atoms with E-state index in [4.69, 9.17) is 12.2 Å².